The third kappa shape index (κ3) is 2.74. The normalized spacial score (nSPS) is 10.6. The molecule has 0 aromatic carbocycles. The van der Waals surface area contributed by atoms with Gasteiger partial charge in [-0.2, -0.15) is 5.10 Å². The first kappa shape index (κ1) is 11.9. The molecule has 2 aromatic heterocycles. The maximum Gasteiger partial charge on any atom is 0.135 e. The van der Waals surface area contributed by atoms with Crippen molar-refractivity contribution in [1.29, 1.82) is 0 Å². The van der Waals surface area contributed by atoms with Crippen LogP contribution in [0.3, 0.4) is 0 Å². The fourth-order valence-electron chi connectivity index (χ4n) is 1.63. The molecule has 0 spiro atoms. The van der Waals surface area contributed by atoms with E-state index < -0.39 is 0 Å². The number of anilines is 2. The first-order valence-corrected chi connectivity index (χ1v) is 5.77. The zero-order valence-corrected chi connectivity index (χ0v) is 10.8. The summed E-state index contributed by atoms with van der Waals surface area (Å²) in [5, 5.41) is 7.99. The zero-order valence-electron chi connectivity index (χ0n) is 10.0. The van der Waals surface area contributed by atoms with Crippen molar-refractivity contribution < 1.29 is 0 Å². The Bertz CT molecular complexity index is 514. The fourth-order valence-corrected chi connectivity index (χ4v) is 1.86. The molecule has 0 fully saturated rings. The Morgan fingerprint density at radius 2 is 2.18 bits per heavy atom. The first-order chi connectivity index (χ1) is 8.08. The number of nitrogens with zero attached hydrogens (tertiary/aromatic N) is 4. The molecule has 90 valence electrons. The van der Waals surface area contributed by atoms with E-state index >= 15 is 0 Å². The molecule has 0 amide bonds. The zero-order chi connectivity index (χ0) is 12.4. The summed E-state index contributed by atoms with van der Waals surface area (Å²) in [6.45, 7) is 3.87. The topological polar surface area (TPSA) is 55.6 Å². The van der Waals surface area contributed by atoms with Gasteiger partial charge in [0, 0.05) is 19.3 Å². The van der Waals surface area contributed by atoms with Gasteiger partial charge in [0.05, 0.1) is 11.4 Å². The summed E-state index contributed by atoms with van der Waals surface area (Å²) < 4.78 is 1.77. The Balaban J connectivity index is 2.30. The van der Waals surface area contributed by atoms with Gasteiger partial charge in [-0.25, -0.2) is 9.97 Å². The van der Waals surface area contributed by atoms with E-state index in [0.29, 0.717) is 16.8 Å². The number of hydrogen-bond acceptors (Lipinski definition) is 4. The smallest absolute Gasteiger partial charge is 0.135 e. The van der Waals surface area contributed by atoms with E-state index in [-0.39, 0.29) is 0 Å². The Morgan fingerprint density at radius 3 is 2.82 bits per heavy atom. The summed E-state index contributed by atoms with van der Waals surface area (Å²) in [6.07, 6.45) is 2.78. The number of nitrogens with one attached hydrogen (secondary N) is 1. The van der Waals surface area contributed by atoms with Gasteiger partial charge in [0.25, 0.3) is 0 Å². The molecule has 6 heteroatoms. The molecular weight excluding hydrogens is 238 g/mol. The highest BCUT2D eigenvalue weighted by Crippen LogP contribution is 2.20. The first-order valence-electron chi connectivity index (χ1n) is 5.39. The van der Waals surface area contributed by atoms with Crippen molar-refractivity contribution in [3.8, 4) is 0 Å². The Hall–Kier alpha value is -1.62. The van der Waals surface area contributed by atoms with Gasteiger partial charge in [0.2, 0.25) is 0 Å². The highest BCUT2D eigenvalue weighted by atomic mass is 35.5. The van der Waals surface area contributed by atoms with Crippen molar-refractivity contribution in [3.05, 3.63) is 28.9 Å². The van der Waals surface area contributed by atoms with Crippen molar-refractivity contribution in [1.82, 2.24) is 19.7 Å². The SMILES string of the molecule is CCc1nn(C)cc1Nc1cc(Cl)nc(C)n1. The van der Waals surface area contributed by atoms with Crippen LogP contribution in [0.1, 0.15) is 18.4 Å². The van der Waals surface area contributed by atoms with Crippen LogP contribution in [0.4, 0.5) is 11.5 Å². The maximum absolute atomic E-state index is 5.88. The standard InChI is InChI=1S/C11H14ClN5/c1-4-8-9(6-17(3)16-8)15-11-5-10(12)13-7(2)14-11/h5-6H,4H2,1-3H3,(H,13,14,15). The van der Waals surface area contributed by atoms with Crippen LogP contribution in [-0.4, -0.2) is 19.7 Å². The predicted octanol–water partition coefficient (Wildman–Crippen LogP) is 2.48. The number of aromatic nitrogens is 4. The summed E-state index contributed by atoms with van der Waals surface area (Å²) in [5.74, 6) is 1.33. The monoisotopic (exact) mass is 251 g/mol. The van der Waals surface area contributed by atoms with Crippen molar-refractivity contribution in [2.75, 3.05) is 5.32 Å². The molecule has 2 rings (SSSR count). The average molecular weight is 252 g/mol. The van der Waals surface area contributed by atoms with E-state index in [1.165, 1.54) is 0 Å². The van der Waals surface area contributed by atoms with E-state index in [1.807, 2.05) is 13.2 Å². The van der Waals surface area contributed by atoms with Gasteiger partial charge < -0.3 is 5.32 Å². The Kier molecular flexibility index (Phi) is 3.28. The lowest BCUT2D eigenvalue weighted by Crippen LogP contribution is -1.98. The molecule has 2 aromatic rings. The highest BCUT2D eigenvalue weighted by Gasteiger charge is 2.07. The lowest BCUT2D eigenvalue weighted by Gasteiger charge is -2.05. The minimum Gasteiger partial charge on any atom is -0.337 e. The van der Waals surface area contributed by atoms with E-state index in [9.17, 15) is 0 Å². The Morgan fingerprint density at radius 1 is 1.41 bits per heavy atom. The van der Waals surface area contributed by atoms with Crippen LogP contribution in [0.5, 0.6) is 0 Å². The molecule has 0 bridgehead atoms. The van der Waals surface area contributed by atoms with Gasteiger partial charge in [-0.1, -0.05) is 18.5 Å². The summed E-state index contributed by atoms with van der Waals surface area (Å²) in [7, 11) is 1.89. The summed E-state index contributed by atoms with van der Waals surface area (Å²) >= 11 is 5.88. The summed E-state index contributed by atoms with van der Waals surface area (Å²) in [6, 6.07) is 1.70. The number of aryl methyl sites for hydroxylation is 3. The molecule has 0 atom stereocenters. The second kappa shape index (κ2) is 4.71. The third-order valence-corrected chi connectivity index (χ3v) is 2.50. The molecule has 0 radical (unpaired) electrons. The van der Waals surface area contributed by atoms with E-state index in [2.05, 4.69) is 27.3 Å². The van der Waals surface area contributed by atoms with Crippen LogP contribution >= 0.6 is 11.6 Å². The Labute approximate surface area is 105 Å². The van der Waals surface area contributed by atoms with Gasteiger partial charge >= 0.3 is 0 Å². The van der Waals surface area contributed by atoms with Gasteiger partial charge in [0.15, 0.2) is 0 Å². The molecule has 17 heavy (non-hydrogen) atoms. The molecule has 0 saturated heterocycles. The van der Waals surface area contributed by atoms with Gasteiger partial charge in [-0.3, -0.25) is 4.68 Å². The predicted molar refractivity (Wildman–Crippen MR) is 67.6 cm³/mol. The molecule has 2 heterocycles. The second-order valence-corrected chi connectivity index (χ2v) is 4.15. The van der Waals surface area contributed by atoms with Crippen molar-refractivity contribution >= 4 is 23.1 Å². The molecule has 0 unspecified atom stereocenters. The quantitative estimate of drug-likeness (QED) is 0.852. The maximum atomic E-state index is 5.88. The lowest BCUT2D eigenvalue weighted by atomic mass is 10.3. The third-order valence-electron chi connectivity index (χ3n) is 2.31. The molecule has 1 N–H and O–H groups in total. The summed E-state index contributed by atoms with van der Waals surface area (Å²) in [4.78, 5) is 8.29. The molecule has 0 aliphatic carbocycles. The van der Waals surface area contributed by atoms with Crippen LogP contribution in [-0.2, 0) is 13.5 Å². The molecule has 5 nitrogen and oxygen atoms in total. The summed E-state index contributed by atoms with van der Waals surface area (Å²) in [5.41, 5.74) is 1.95. The number of hydrogen-bond donors (Lipinski definition) is 1. The van der Waals surface area contributed by atoms with Crippen LogP contribution in [0.15, 0.2) is 12.3 Å². The highest BCUT2D eigenvalue weighted by molar-refractivity contribution is 6.29. The van der Waals surface area contributed by atoms with Crippen molar-refractivity contribution in [2.45, 2.75) is 20.3 Å². The molecular formula is C11H14ClN5. The van der Waals surface area contributed by atoms with Crippen LogP contribution in [0, 0.1) is 6.92 Å². The molecule has 0 saturated carbocycles. The average Bonchev–Trinajstić information content (AvgIpc) is 2.57. The molecule has 0 aliphatic rings. The van der Waals surface area contributed by atoms with Gasteiger partial charge in [-0.15, -0.1) is 0 Å². The largest absolute Gasteiger partial charge is 0.337 e. The minimum absolute atomic E-state index is 0.432. The fraction of sp³-hybridized carbons (Fsp3) is 0.364. The molecule has 0 aliphatic heterocycles. The number of rotatable bonds is 3. The van der Waals surface area contributed by atoms with E-state index in [1.54, 1.807) is 17.7 Å². The van der Waals surface area contributed by atoms with Gasteiger partial charge in [-0.05, 0) is 13.3 Å². The van der Waals surface area contributed by atoms with E-state index in [4.69, 9.17) is 11.6 Å². The van der Waals surface area contributed by atoms with Crippen LogP contribution in [0.2, 0.25) is 5.15 Å². The lowest BCUT2D eigenvalue weighted by molar-refractivity contribution is 0.746. The van der Waals surface area contributed by atoms with E-state index in [0.717, 1.165) is 17.8 Å². The number of halogens is 1. The van der Waals surface area contributed by atoms with Crippen LogP contribution < -0.4 is 5.32 Å². The van der Waals surface area contributed by atoms with Crippen LogP contribution in [0.25, 0.3) is 0 Å². The van der Waals surface area contributed by atoms with Crippen molar-refractivity contribution in [3.63, 3.8) is 0 Å². The minimum atomic E-state index is 0.432. The van der Waals surface area contributed by atoms with Gasteiger partial charge in [0.1, 0.15) is 16.8 Å². The van der Waals surface area contributed by atoms with Crippen molar-refractivity contribution in [2.24, 2.45) is 7.05 Å². The second-order valence-electron chi connectivity index (χ2n) is 3.76.